The molecule has 0 amide bonds. The second-order valence-corrected chi connectivity index (χ2v) is 15.8. The number of hydrogen-bond acceptors (Lipinski definition) is 4. The van der Waals surface area contributed by atoms with Crippen molar-refractivity contribution in [3.8, 4) is 0 Å². The Labute approximate surface area is 638 Å². The molecule has 0 aromatic carbocycles. The fraction of sp³-hybridized carbons (Fsp3) is 0.587. The van der Waals surface area contributed by atoms with Crippen LogP contribution in [0.2, 0.25) is 0 Å². The Hall–Kier alpha value is -7.29. The lowest BCUT2D eigenvalue weighted by Gasteiger charge is -2.32. The first-order valence-electron chi connectivity index (χ1n) is 27.5. The zero-order valence-electron chi connectivity index (χ0n) is 62.8. The van der Waals surface area contributed by atoms with Crippen LogP contribution in [0.5, 0.6) is 0 Å². The predicted molar refractivity (Wildman–Crippen MR) is 346 cm³/mol. The summed E-state index contributed by atoms with van der Waals surface area (Å²) in [6, 6.07) is 0. The van der Waals surface area contributed by atoms with Gasteiger partial charge in [-0.2, -0.15) is 140 Å². The van der Waals surface area contributed by atoms with Crippen molar-refractivity contribution in [2.24, 2.45) is 5.92 Å². The standard InChI is InChI=1S/C7H10F4O.C7H10F4.C6H2F8O.C6H4F8O.C6H5F7.C5H7F3O.C4H5F3.2C3H4F2.4C2H4.8CH3F/c1-3-6(8,9)7(10,11)5-12-4-2;1-3-5-7(10,11)6(8,9)4-2;7-3-1-2(4(8,9)10)5(11,12)15-6(3,13)14;1-3(7)6(13,14)15-5(11,12)2-4(8,9)10;1-2-4(8,9)6(12,13)5(10,11)3-7;1-2-9-4-5(7,8)3-6;1-2-4(6,7)3-5;2*1-3(5)2-4;12*1-2/h4H,2-3,5H2,1H3;4H,2-3,5H2,1H3;1-2H;1-2H2;2H,1,3H2;2H,1,3-4H2;2H,1,3H2;2*1-2H2;4*1-2H2;8*1H3. The Balaban J connectivity index is -0.0000000486. The first kappa shape index (κ1) is 160. The van der Waals surface area contributed by atoms with E-state index >= 15 is 0 Å². The van der Waals surface area contributed by atoms with Gasteiger partial charge < -0.3 is 9.47 Å². The molecule has 0 radical (unpaired) electrons. The van der Waals surface area contributed by atoms with Crippen LogP contribution >= 0.6 is 0 Å². The Morgan fingerprint density at radius 2 is 0.741 bits per heavy atom. The highest BCUT2D eigenvalue weighted by Crippen LogP contribution is 2.50. The summed E-state index contributed by atoms with van der Waals surface area (Å²) >= 11 is 0. The summed E-state index contributed by atoms with van der Waals surface area (Å²) in [7, 11) is 4.00. The van der Waals surface area contributed by atoms with Gasteiger partial charge in [-0.05, 0) is 24.3 Å². The van der Waals surface area contributed by atoms with E-state index in [0.29, 0.717) is 63.7 Å². The smallest absolute Gasteiger partial charge is 0.413 e. The minimum Gasteiger partial charge on any atom is -0.495 e. The zero-order valence-corrected chi connectivity index (χ0v) is 62.8. The van der Waals surface area contributed by atoms with Crippen molar-refractivity contribution in [1.82, 2.24) is 0 Å². The molecule has 4 nitrogen and oxygen atoms in total. The van der Waals surface area contributed by atoms with Gasteiger partial charge in [-0.25, -0.2) is 49.0 Å². The Kier molecular flexibility index (Phi) is 120. The van der Waals surface area contributed by atoms with Crippen LogP contribution in [-0.4, -0.2) is 194 Å². The lowest BCUT2D eigenvalue weighted by molar-refractivity contribution is -0.411. The van der Waals surface area contributed by atoms with E-state index in [-0.39, 0.29) is 18.6 Å². The van der Waals surface area contributed by atoms with Crippen LogP contribution in [0.25, 0.3) is 0 Å². The number of rotatable bonds is 25. The molecule has 1 atom stereocenters. The number of hydrogen-bond donors (Lipinski definition) is 0. The lowest BCUT2D eigenvalue weighted by Crippen LogP contribution is -2.54. The molecule has 1 heterocycles. The van der Waals surface area contributed by atoms with E-state index in [2.05, 4.69) is 118 Å². The minimum atomic E-state index is -5.77. The number of halogens is 49. The molecule has 0 spiro atoms. The molecule has 1 unspecified atom stereocenters. The summed E-state index contributed by atoms with van der Waals surface area (Å²) in [5.41, 5.74) is 0. The molecule has 0 saturated carbocycles. The quantitative estimate of drug-likeness (QED) is 0.0519. The van der Waals surface area contributed by atoms with Crippen LogP contribution in [0.4, 0.5) is 215 Å². The van der Waals surface area contributed by atoms with E-state index in [9.17, 15) is 215 Å². The van der Waals surface area contributed by atoms with Gasteiger partial charge in [0.2, 0.25) is 0 Å². The fourth-order valence-electron chi connectivity index (χ4n) is 3.31. The normalized spacial score (nSPS) is 12.6. The van der Waals surface area contributed by atoms with Gasteiger partial charge >= 0.3 is 84.2 Å². The molecule has 0 saturated heterocycles. The Bertz CT molecular complexity index is 2240. The number of ether oxygens (including phenoxy) is 4. The van der Waals surface area contributed by atoms with Gasteiger partial charge in [0.05, 0.1) is 69.9 Å². The van der Waals surface area contributed by atoms with Crippen LogP contribution in [-0.2, 0) is 18.9 Å². The van der Waals surface area contributed by atoms with Gasteiger partial charge in [-0.15, -0.1) is 52.6 Å². The lowest BCUT2D eigenvalue weighted by atomic mass is 10.1. The molecule has 710 valence electrons. The molecule has 0 N–H and O–H groups in total. The van der Waals surface area contributed by atoms with Crippen molar-refractivity contribution in [2.75, 3.05) is 104 Å². The maximum atomic E-state index is 12.5. The molecular formula is C63H91F49O4. The van der Waals surface area contributed by atoms with Crippen LogP contribution in [0.3, 0.4) is 0 Å². The molecule has 0 fully saturated rings. The Morgan fingerprint density at radius 1 is 0.440 bits per heavy atom. The number of allylic oxidation sites excluding steroid dienone is 5. The Morgan fingerprint density at radius 3 is 0.940 bits per heavy atom. The van der Waals surface area contributed by atoms with Crippen molar-refractivity contribution in [2.45, 2.75) is 130 Å². The third kappa shape index (κ3) is 92.2. The minimum absolute atomic E-state index is 0.0112. The van der Waals surface area contributed by atoms with Gasteiger partial charge in [0, 0.05) is 12.8 Å². The molecule has 1 aliphatic heterocycles. The third-order valence-corrected chi connectivity index (χ3v) is 7.92. The highest BCUT2D eigenvalue weighted by molar-refractivity contribution is 5.11. The van der Waals surface area contributed by atoms with Gasteiger partial charge in [-0.1, -0.05) is 72.9 Å². The zero-order chi connectivity index (χ0) is 100. The first-order chi connectivity index (χ1) is 52.5. The van der Waals surface area contributed by atoms with Crippen molar-refractivity contribution in [3.05, 3.63) is 165 Å². The van der Waals surface area contributed by atoms with Crippen LogP contribution < -0.4 is 0 Å². The highest BCUT2D eigenvalue weighted by Gasteiger charge is 2.70. The maximum Gasteiger partial charge on any atom is 0.413 e. The number of alkyl halides is 45. The maximum absolute atomic E-state index is 12.5. The first-order valence-corrected chi connectivity index (χ1v) is 27.5. The molecule has 0 bridgehead atoms. The molecule has 53 heteroatoms. The van der Waals surface area contributed by atoms with Gasteiger partial charge in [0.15, 0.2) is 50.8 Å². The van der Waals surface area contributed by atoms with E-state index in [1.165, 1.54) is 6.92 Å². The van der Waals surface area contributed by atoms with Crippen molar-refractivity contribution in [1.29, 1.82) is 0 Å². The molecule has 116 heavy (non-hydrogen) atoms. The average Bonchev–Trinajstić information content (AvgIpc) is 0.770. The van der Waals surface area contributed by atoms with Crippen molar-refractivity contribution < 1.29 is 234 Å². The monoisotopic (exact) mass is 1840 g/mol. The average molecular weight is 1840 g/mol. The molecule has 0 aliphatic carbocycles. The summed E-state index contributed by atoms with van der Waals surface area (Å²) in [5.74, 6) is -50.0. The fourth-order valence-corrected chi connectivity index (χ4v) is 3.31. The van der Waals surface area contributed by atoms with E-state index < -0.39 is 197 Å². The summed E-state index contributed by atoms with van der Waals surface area (Å²) in [6.45, 7) is 36.7. The summed E-state index contributed by atoms with van der Waals surface area (Å²) in [6.07, 6.45) is -36.0. The highest BCUT2D eigenvalue weighted by atomic mass is 19.4. The van der Waals surface area contributed by atoms with Crippen LogP contribution in [0.15, 0.2) is 165 Å². The second kappa shape index (κ2) is 87.0. The second-order valence-electron chi connectivity index (χ2n) is 15.8. The summed E-state index contributed by atoms with van der Waals surface area (Å²) in [4.78, 5) is 0. The third-order valence-electron chi connectivity index (χ3n) is 7.92. The molecule has 1 rings (SSSR count). The van der Waals surface area contributed by atoms with E-state index in [4.69, 9.17) is 0 Å². The van der Waals surface area contributed by atoms with Gasteiger partial charge in [-0.3, -0.25) is 35.1 Å². The largest absolute Gasteiger partial charge is 0.495 e. The van der Waals surface area contributed by atoms with Crippen molar-refractivity contribution >= 4 is 0 Å². The SMILES string of the molecule is C=C.C=C.C=C.C=C.C=C(F)C(F)(F)OC(F)(F)CC(F)(F)F.C=C(F)CF.C=C(F)CF.C=CC(F)(F)C(F)(F)C(F)(F)CF.C=CC(F)(F)C(F)(F)CCC.C=CC(F)(F)CF.C=COCC(F)(F)C(F)(F)CC.C=COCC(F)(F)CF.CF.CF.CF.CF.CF.CF.CF.CF.FC1=CC(C(F)(F)F)C(F)(F)OC1(F)F. The molecule has 1 aliphatic rings. The molecular weight excluding hydrogens is 1750 g/mol. The van der Waals surface area contributed by atoms with Gasteiger partial charge in [0.25, 0.3) is 5.92 Å². The van der Waals surface area contributed by atoms with Crippen LogP contribution in [0.1, 0.15) is 39.5 Å². The predicted octanol–water partition coefficient (Wildman–Crippen LogP) is 30.3. The molecule has 0 aromatic rings. The topological polar surface area (TPSA) is 36.9 Å². The van der Waals surface area contributed by atoms with Crippen LogP contribution in [0, 0.1) is 5.92 Å². The van der Waals surface area contributed by atoms with Crippen molar-refractivity contribution in [3.63, 3.8) is 0 Å². The van der Waals surface area contributed by atoms with E-state index in [0.717, 1.165) is 13.2 Å². The van der Waals surface area contributed by atoms with E-state index in [1.807, 2.05) is 6.58 Å². The molecule has 0 aromatic heterocycles. The van der Waals surface area contributed by atoms with Gasteiger partial charge in [0.1, 0.15) is 31.4 Å². The summed E-state index contributed by atoms with van der Waals surface area (Å²) in [5, 5.41) is 0. The summed E-state index contributed by atoms with van der Waals surface area (Å²) < 4.78 is 575. The van der Waals surface area contributed by atoms with E-state index in [1.54, 1.807) is 0 Å².